The van der Waals surface area contributed by atoms with Crippen molar-refractivity contribution in [3.63, 3.8) is 0 Å². The highest BCUT2D eigenvalue weighted by Crippen LogP contribution is 2.36. The van der Waals surface area contributed by atoms with Crippen LogP contribution in [0.2, 0.25) is 0 Å². The molecule has 2 aliphatic carbocycles. The number of aliphatic hydroxyl groups excluding tert-OH is 1. The van der Waals surface area contributed by atoms with E-state index >= 15 is 0 Å². The van der Waals surface area contributed by atoms with Gasteiger partial charge in [0.1, 0.15) is 0 Å². The molecule has 0 aromatic rings. The molecule has 2 N–H and O–H groups in total. The Labute approximate surface area is 112 Å². The van der Waals surface area contributed by atoms with Crippen molar-refractivity contribution in [1.29, 1.82) is 0 Å². The van der Waals surface area contributed by atoms with Crippen molar-refractivity contribution in [3.8, 4) is 0 Å². The highest BCUT2D eigenvalue weighted by Gasteiger charge is 2.43. The fraction of sp³-hybridized carbons (Fsp3) is 1.00. The largest absolute Gasteiger partial charge is 0.394 e. The third-order valence-corrected chi connectivity index (χ3v) is 4.95. The van der Waals surface area contributed by atoms with Gasteiger partial charge in [-0.25, -0.2) is 0 Å². The van der Waals surface area contributed by atoms with E-state index < -0.39 is 0 Å². The van der Waals surface area contributed by atoms with Gasteiger partial charge in [0.05, 0.1) is 6.61 Å². The summed E-state index contributed by atoms with van der Waals surface area (Å²) < 4.78 is 0. The van der Waals surface area contributed by atoms with Crippen LogP contribution in [0.15, 0.2) is 0 Å². The lowest BCUT2D eigenvalue weighted by atomic mass is 9.97. The highest BCUT2D eigenvalue weighted by molar-refractivity contribution is 5.03. The van der Waals surface area contributed by atoms with Gasteiger partial charge in [0.15, 0.2) is 0 Å². The molecule has 18 heavy (non-hydrogen) atoms. The first-order chi connectivity index (χ1) is 8.60. The second kappa shape index (κ2) is 5.89. The molecule has 2 aliphatic rings. The Kier molecular flexibility index (Phi) is 4.68. The molecule has 0 radical (unpaired) electrons. The minimum Gasteiger partial charge on any atom is -0.394 e. The molecular formula is C15H30N2O. The van der Waals surface area contributed by atoms with Gasteiger partial charge in [-0.2, -0.15) is 0 Å². The molecule has 0 saturated heterocycles. The van der Waals surface area contributed by atoms with Crippen molar-refractivity contribution in [2.45, 2.75) is 82.5 Å². The molecule has 0 aromatic heterocycles. The standard InChI is InChI=1S/C15H30N2O/c1-4-5-12(2)17(3)14-8-9-15(10-14,11-18)16-13-6-7-13/h12-14,16,18H,4-11H2,1-3H3. The SMILES string of the molecule is CCCC(C)N(C)C1CCC(CO)(NC2CC2)C1. The Balaban J connectivity index is 1.88. The van der Waals surface area contributed by atoms with E-state index in [9.17, 15) is 5.11 Å². The average Bonchev–Trinajstić information content (AvgIpc) is 3.06. The maximum Gasteiger partial charge on any atom is 0.0614 e. The summed E-state index contributed by atoms with van der Waals surface area (Å²) in [6.45, 7) is 4.89. The molecule has 0 aromatic carbocycles. The molecule has 0 amide bonds. The van der Waals surface area contributed by atoms with E-state index in [0.29, 0.717) is 24.7 Å². The van der Waals surface area contributed by atoms with Gasteiger partial charge in [-0.05, 0) is 52.5 Å². The smallest absolute Gasteiger partial charge is 0.0614 e. The van der Waals surface area contributed by atoms with E-state index in [1.165, 1.54) is 32.1 Å². The van der Waals surface area contributed by atoms with E-state index in [0.717, 1.165) is 12.8 Å². The zero-order valence-corrected chi connectivity index (χ0v) is 12.3. The van der Waals surface area contributed by atoms with Gasteiger partial charge in [-0.3, -0.25) is 0 Å². The normalized spacial score (nSPS) is 34.2. The molecule has 2 fully saturated rings. The van der Waals surface area contributed by atoms with Gasteiger partial charge in [-0.15, -0.1) is 0 Å². The van der Waals surface area contributed by atoms with Crippen molar-refractivity contribution in [1.82, 2.24) is 10.2 Å². The minimum absolute atomic E-state index is 0.0199. The van der Waals surface area contributed by atoms with Crippen molar-refractivity contribution in [3.05, 3.63) is 0 Å². The zero-order valence-electron chi connectivity index (χ0n) is 12.3. The van der Waals surface area contributed by atoms with Crippen molar-refractivity contribution in [2.75, 3.05) is 13.7 Å². The molecule has 0 bridgehead atoms. The minimum atomic E-state index is 0.0199. The fourth-order valence-electron chi connectivity index (χ4n) is 3.41. The number of rotatable bonds is 7. The maximum atomic E-state index is 9.75. The summed E-state index contributed by atoms with van der Waals surface area (Å²) in [5.74, 6) is 0. The average molecular weight is 254 g/mol. The Hall–Kier alpha value is -0.120. The van der Waals surface area contributed by atoms with Crippen LogP contribution in [0.25, 0.3) is 0 Å². The Bertz CT molecular complexity index is 267. The predicted molar refractivity (Wildman–Crippen MR) is 75.7 cm³/mol. The molecule has 0 heterocycles. The Morgan fingerprint density at radius 3 is 2.67 bits per heavy atom. The van der Waals surface area contributed by atoms with Crippen LogP contribution in [0.5, 0.6) is 0 Å². The maximum absolute atomic E-state index is 9.75. The molecule has 106 valence electrons. The lowest BCUT2D eigenvalue weighted by Crippen LogP contribution is -2.49. The first-order valence-electron chi connectivity index (χ1n) is 7.70. The summed E-state index contributed by atoms with van der Waals surface area (Å²) in [7, 11) is 2.26. The summed E-state index contributed by atoms with van der Waals surface area (Å²) in [5.41, 5.74) is 0.0199. The highest BCUT2D eigenvalue weighted by atomic mass is 16.3. The van der Waals surface area contributed by atoms with Crippen LogP contribution in [0.3, 0.4) is 0 Å². The van der Waals surface area contributed by atoms with E-state index in [1.54, 1.807) is 0 Å². The van der Waals surface area contributed by atoms with Crippen LogP contribution >= 0.6 is 0 Å². The van der Waals surface area contributed by atoms with Crippen LogP contribution in [0.4, 0.5) is 0 Å². The molecule has 0 aliphatic heterocycles. The Morgan fingerprint density at radius 1 is 1.39 bits per heavy atom. The van der Waals surface area contributed by atoms with E-state index in [1.807, 2.05) is 0 Å². The summed E-state index contributed by atoms with van der Waals surface area (Å²) in [6.07, 6.45) is 8.60. The molecule has 3 nitrogen and oxygen atoms in total. The number of nitrogens with one attached hydrogen (secondary N) is 1. The van der Waals surface area contributed by atoms with Gasteiger partial charge in [0, 0.05) is 23.7 Å². The third-order valence-electron chi connectivity index (χ3n) is 4.95. The number of nitrogens with zero attached hydrogens (tertiary/aromatic N) is 1. The molecule has 2 rings (SSSR count). The van der Waals surface area contributed by atoms with Gasteiger partial charge in [0.2, 0.25) is 0 Å². The first-order valence-corrected chi connectivity index (χ1v) is 7.70. The predicted octanol–water partition coefficient (Wildman–Crippen LogP) is 2.14. The summed E-state index contributed by atoms with van der Waals surface area (Å²) >= 11 is 0. The topological polar surface area (TPSA) is 35.5 Å². The summed E-state index contributed by atoms with van der Waals surface area (Å²) in [6, 6.07) is 2.00. The summed E-state index contributed by atoms with van der Waals surface area (Å²) in [4.78, 5) is 2.54. The van der Waals surface area contributed by atoms with Crippen LogP contribution in [-0.4, -0.2) is 47.3 Å². The molecule has 3 heteroatoms. The van der Waals surface area contributed by atoms with Crippen molar-refractivity contribution in [2.24, 2.45) is 0 Å². The second-order valence-electron chi connectivity index (χ2n) is 6.56. The van der Waals surface area contributed by atoms with E-state index in [2.05, 4.69) is 31.1 Å². The van der Waals surface area contributed by atoms with E-state index in [-0.39, 0.29) is 5.54 Å². The van der Waals surface area contributed by atoms with Crippen LogP contribution < -0.4 is 5.32 Å². The quantitative estimate of drug-likeness (QED) is 0.731. The molecule has 0 spiro atoms. The molecule has 2 saturated carbocycles. The van der Waals surface area contributed by atoms with Gasteiger partial charge < -0.3 is 15.3 Å². The number of hydrogen-bond donors (Lipinski definition) is 2. The number of hydrogen-bond acceptors (Lipinski definition) is 3. The fourth-order valence-corrected chi connectivity index (χ4v) is 3.41. The van der Waals surface area contributed by atoms with Crippen LogP contribution in [0, 0.1) is 0 Å². The van der Waals surface area contributed by atoms with Crippen LogP contribution in [-0.2, 0) is 0 Å². The monoisotopic (exact) mass is 254 g/mol. The third kappa shape index (κ3) is 3.25. The zero-order chi connectivity index (χ0) is 13.2. The first kappa shape index (κ1) is 14.3. The van der Waals surface area contributed by atoms with Gasteiger partial charge in [0.25, 0.3) is 0 Å². The number of aliphatic hydroxyl groups is 1. The van der Waals surface area contributed by atoms with Crippen molar-refractivity contribution < 1.29 is 5.11 Å². The lowest BCUT2D eigenvalue weighted by Gasteiger charge is -2.33. The van der Waals surface area contributed by atoms with Crippen LogP contribution in [0.1, 0.15) is 58.8 Å². The van der Waals surface area contributed by atoms with E-state index in [4.69, 9.17) is 0 Å². The second-order valence-corrected chi connectivity index (χ2v) is 6.56. The lowest BCUT2D eigenvalue weighted by molar-refractivity contribution is 0.134. The molecule has 3 atom stereocenters. The molecular weight excluding hydrogens is 224 g/mol. The van der Waals surface area contributed by atoms with Gasteiger partial charge in [-0.1, -0.05) is 13.3 Å². The van der Waals surface area contributed by atoms with Crippen molar-refractivity contribution >= 4 is 0 Å². The van der Waals surface area contributed by atoms with Gasteiger partial charge >= 0.3 is 0 Å². The summed E-state index contributed by atoms with van der Waals surface area (Å²) in [5, 5.41) is 13.4. The Morgan fingerprint density at radius 2 is 2.11 bits per heavy atom. The molecule has 3 unspecified atom stereocenters.